The number of aromatic nitrogens is 2. The molecule has 0 radical (unpaired) electrons. The first-order valence-corrected chi connectivity index (χ1v) is 9.39. The van der Waals surface area contributed by atoms with Crippen molar-refractivity contribution < 1.29 is 4.79 Å². The number of rotatable bonds is 6. The van der Waals surface area contributed by atoms with Crippen LogP contribution in [0.15, 0.2) is 73.1 Å². The lowest BCUT2D eigenvalue weighted by Crippen LogP contribution is -2.13. The molecule has 0 bridgehead atoms. The van der Waals surface area contributed by atoms with Gasteiger partial charge < -0.3 is 15.6 Å². The third-order valence-corrected chi connectivity index (χ3v) is 4.76. The number of aromatic amines is 1. The van der Waals surface area contributed by atoms with Crippen molar-refractivity contribution in [3.63, 3.8) is 0 Å². The highest BCUT2D eigenvalue weighted by Crippen LogP contribution is 2.18. The molecule has 0 aliphatic heterocycles. The Morgan fingerprint density at radius 3 is 2.64 bits per heavy atom. The van der Waals surface area contributed by atoms with Crippen molar-refractivity contribution in [1.82, 2.24) is 9.97 Å². The minimum Gasteiger partial charge on any atom is -0.370 e. The quantitative estimate of drug-likeness (QED) is 0.427. The molecule has 0 fully saturated rings. The smallest absolute Gasteiger partial charge is 0.257 e. The fraction of sp³-hybridized carbons (Fsp3) is 0.0909. The summed E-state index contributed by atoms with van der Waals surface area (Å²) in [5, 5.41) is 7.99. The van der Waals surface area contributed by atoms with Gasteiger partial charge in [0.1, 0.15) is 5.82 Å². The average molecular weight is 391 g/mol. The van der Waals surface area contributed by atoms with E-state index in [0.29, 0.717) is 16.3 Å². The van der Waals surface area contributed by atoms with Crippen LogP contribution in [0.1, 0.15) is 15.9 Å². The van der Waals surface area contributed by atoms with E-state index in [1.54, 1.807) is 36.5 Å². The maximum absolute atomic E-state index is 12.3. The molecule has 2 heterocycles. The Bertz CT molecular complexity index is 1090. The third-order valence-electron chi connectivity index (χ3n) is 4.50. The van der Waals surface area contributed by atoms with E-state index in [0.717, 1.165) is 24.3 Å². The zero-order chi connectivity index (χ0) is 19.3. The summed E-state index contributed by atoms with van der Waals surface area (Å²) >= 11 is 5.85. The topological polar surface area (TPSA) is 69.8 Å². The molecule has 140 valence electrons. The summed E-state index contributed by atoms with van der Waals surface area (Å²) in [7, 11) is 0. The number of carbonyl (C=O) groups is 1. The number of H-pyrrole nitrogens is 1. The van der Waals surface area contributed by atoms with E-state index in [9.17, 15) is 4.79 Å². The summed E-state index contributed by atoms with van der Waals surface area (Å²) < 4.78 is 0. The van der Waals surface area contributed by atoms with Gasteiger partial charge in [0.2, 0.25) is 0 Å². The zero-order valence-electron chi connectivity index (χ0n) is 15.1. The first-order valence-electron chi connectivity index (χ1n) is 9.01. The number of hydrogen-bond donors (Lipinski definition) is 3. The van der Waals surface area contributed by atoms with Crippen LogP contribution in [0.3, 0.4) is 0 Å². The number of anilines is 2. The Morgan fingerprint density at radius 1 is 1.04 bits per heavy atom. The Hall–Kier alpha value is -3.31. The molecular weight excluding hydrogens is 372 g/mol. The molecule has 4 aromatic rings. The molecule has 3 N–H and O–H groups in total. The molecule has 0 saturated heterocycles. The Kier molecular flexibility index (Phi) is 5.26. The van der Waals surface area contributed by atoms with Crippen LogP contribution in [-0.2, 0) is 6.42 Å². The lowest BCUT2D eigenvalue weighted by Gasteiger charge is -2.07. The summed E-state index contributed by atoms with van der Waals surface area (Å²) in [5.74, 6) is 0.531. The van der Waals surface area contributed by atoms with E-state index in [1.807, 2.05) is 24.4 Å². The van der Waals surface area contributed by atoms with Crippen molar-refractivity contribution in [3.05, 3.63) is 89.2 Å². The molecule has 5 nitrogen and oxygen atoms in total. The van der Waals surface area contributed by atoms with Gasteiger partial charge in [-0.1, -0.05) is 29.8 Å². The van der Waals surface area contributed by atoms with Crippen LogP contribution < -0.4 is 10.6 Å². The Morgan fingerprint density at radius 2 is 1.86 bits per heavy atom. The first-order chi connectivity index (χ1) is 13.7. The highest BCUT2D eigenvalue weighted by atomic mass is 35.5. The van der Waals surface area contributed by atoms with Gasteiger partial charge in [-0.15, -0.1) is 0 Å². The minimum absolute atomic E-state index is 0.208. The molecular formula is C22H19ClN4O. The standard InChI is InChI=1S/C22H19ClN4O/c23-17-6-8-18(9-7-17)27-22(28)16-5-10-21(26-14-16)24-12-11-15-13-25-20-4-2-1-3-19(15)20/h1-10,13-14,25H,11-12H2,(H,24,26)(H,27,28). The van der Waals surface area contributed by atoms with Crippen LogP contribution in [0.5, 0.6) is 0 Å². The predicted molar refractivity (Wildman–Crippen MR) is 114 cm³/mol. The van der Waals surface area contributed by atoms with E-state index in [4.69, 9.17) is 11.6 Å². The molecule has 0 saturated carbocycles. The SMILES string of the molecule is O=C(Nc1ccc(Cl)cc1)c1ccc(NCCc2c[nH]c3ccccc23)nc1. The molecule has 6 heteroatoms. The van der Waals surface area contributed by atoms with Gasteiger partial charge in [0.25, 0.3) is 5.91 Å². The third kappa shape index (κ3) is 4.15. The number of halogens is 1. The predicted octanol–water partition coefficient (Wildman–Crippen LogP) is 5.12. The van der Waals surface area contributed by atoms with Gasteiger partial charge in [-0.2, -0.15) is 0 Å². The second-order valence-electron chi connectivity index (χ2n) is 6.43. The maximum atomic E-state index is 12.3. The van der Waals surface area contributed by atoms with Gasteiger partial charge in [-0.05, 0) is 54.4 Å². The van der Waals surface area contributed by atoms with Gasteiger partial charge in [-0.3, -0.25) is 4.79 Å². The number of fused-ring (bicyclic) bond motifs is 1. The number of nitrogens with one attached hydrogen (secondary N) is 3. The van der Waals surface area contributed by atoms with Crippen LogP contribution in [0.4, 0.5) is 11.5 Å². The van der Waals surface area contributed by atoms with Gasteiger partial charge >= 0.3 is 0 Å². The number of nitrogens with zero attached hydrogens (tertiary/aromatic N) is 1. The maximum Gasteiger partial charge on any atom is 0.257 e. The average Bonchev–Trinajstić information content (AvgIpc) is 3.13. The van der Waals surface area contributed by atoms with Crippen molar-refractivity contribution in [2.24, 2.45) is 0 Å². The number of amides is 1. The number of carbonyl (C=O) groups excluding carboxylic acids is 1. The van der Waals surface area contributed by atoms with E-state index in [1.165, 1.54) is 10.9 Å². The van der Waals surface area contributed by atoms with Crippen LogP contribution in [0.2, 0.25) is 5.02 Å². The fourth-order valence-electron chi connectivity index (χ4n) is 3.03. The summed E-state index contributed by atoms with van der Waals surface area (Å²) in [6, 6.07) is 18.8. The van der Waals surface area contributed by atoms with E-state index in [2.05, 4.69) is 32.7 Å². The zero-order valence-corrected chi connectivity index (χ0v) is 15.8. The first kappa shape index (κ1) is 18.1. The molecule has 4 rings (SSSR count). The van der Waals surface area contributed by atoms with Crippen LogP contribution in [0, 0.1) is 0 Å². The molecule has 0 unspecified atom stereocenters. The molecule has 28 heavy (non-hydrogen) atoms. The molecule has 2 aromatic carbocycles. The molecule has 0 aliphatic rings. The normalized spacial score (nSPS) is 10.8. The lowest BCUT2D eigenvalue weighted by molar-refractivity contribution is 0.102. The van der Waals surface area contributed by atoms with E-state index in [-0.39, 0.29) is 5.91 Å². The van der Waals surface area contributed by atoms with Crippen molar-refractivity contribution in [3.8, 4) is 0 Å². The van der Waals surface area contributed by atoms with Crippen molar-refractivity contribution in [2.75, 3.05) is 17.2 Å². The van der Waals surface area contributed by atoms with Crippen molar-refractivity contribution >= 4 is 39.9 Å². The highest BCUT2D eigenvalue weighted by molar-refractivity contribution is 6.30. The Balaban J connectivity index is 1.33. The van der Waals surface area contributed by atoms with Gasteiger partial charge in [0.05, 0.1) is 5.56 Å². The van der Waals surface area contributed by atoms with Crippen LogP contribution in [-0.4, -0.2) is 22.4 Å². The molecule has 0 atom stereocenters. The number of benzene rings is 2. The highest BCUT2D eigenvalue weighted by Gasteiger charge is 2.07. The van der Waals surface area contributed by atoms with Gasteiger partial charge in [0, 0.05) is 40.6 Å². The fourth-order valence-corrected chi connectivity index (χ4v) is 3.16. The number of pyridine rings is 1. The molecule has 1 amide bonds. The summed E-state index contributed by atoms with van der Waals surface area (Å²) in [6.07, 6.45) is 4.49. The Labute approximate surface area is 167 Å². The second kappa shape index (κ2) is 8.15. The monoisotopic (exact) mass is 390 g/mol. The van der Waals surface area contributed by atoms with Crippen molar-refractivity contribution in [1.29, 1.82) is 0 Å². The minimum atomic E-state index is -0.208. The summed E-state index contributed by atoms with van der Waals surface area (Å²) in [6.45, 7) is 0.755. The second-order valence-corrected chi connectivity index (χ2v) is 6.87. The van der Waals surface area contributed by atoms with Crippen LogP contribution in [0.25, 0.3) is 10.9 Å². The molecule has 0 spiro atoms. The number of para-hydroxylation sites is 1. The molecule has 0 aliphatic carbocycles. The number of hydrogen-bond acceptors (Lipinski definition) is 3. The lowest BCUT2D eigenvalue weighted by atomic mass is 10.1. The van der Waals surface area contributed by atoms with E-state index >= 15 is 0 Å². The summed E-state index contributed by atoms with van der Waals surface area (Å²) in [4.78, 5) is 19.9. The summed E-state index contributed by atoms with van der Waals surface area (Å²) in [5.41, 5.74) is 3.60. The van der Waals surface area contributed by atoms with E-state index < -0.39 is 0 Å². The van der Waals surface area contributed by atoms with Crippen molar-refractivity contribution in [2.45, 2.75) is 6.42 Å². The van der Waals surface area contributed by atoms with Crippen LogP contribution >= 0.6 is 11.6 Å². The van der Waals surface area contributed by atoms with Gasteiger partial charge in [-0.25, -0.2) is 4.98 Å². The largest absolute Gasteiger partial charge is 0.370 e. The molecule has 2 aromatic heterocycles. The van der Waals surface area contributed by atoms with Gasteiger partial charge in [0.15, 0.2) is 0 Å².